The molecule has 0 bridgehead atoms. The molecular weight excluding hydrogens is 261 g/mol. The summed E-state index contributed by atoms with van der Waals surface area (Å²) >= 11 is 7.82. The standard InChI is InChI=1S/C12H15ClFNOS/c13-9-2-1-3-10(14)12(9)11(16)8-15-4-6-17-7-5-15/h1-3,11,16H,4-8H2. The van der Waals surface area contributed by atoms with Gasteiger partial charge in [-0.15, -0.1) is 0 Å². The molecule has 1 aromatic rings. The van der Waals surface area contributed by atoms with E-state index in [0.717, 1.165) is 24.6 Å². The normalized spacial score (nSPS) is 19.2. The molecule has 0 spiro atoms. The van der Waals surface area contributed by atoms with E-state index < -0.39 is 11.9 Å². The Morgan fingerprint density at radius 1 is 1.41 bits per heavy atom. The highest BCUT2D eigenvalue weighted by Crippen LogP contribution is 2.26. The van der Waals surface area contributed by atoms with Crippen molar-refractivity contribution in [3.8, 4) is 0 Å². The first kappa shape index (κ1) is 13.1. The Labute approximate surface area is 110 Å². The van der Waals surface area contributed by atoms with E-state index in [-0.39, 0.29) is 5.56 Å². The predicted molar refractivity (Wildman–Crippen MR) is 70.1 cm³/mol. The van der Waals surface area contributed by atoms with Crippen LogP contribution in [0.4, 0.5) is 4.39 Å². The summed E-state index contributed by atoms with van der Waals surface area (Å²) in [6, 6.07) is 4.48. The van der Waals surface area contributed by atoms with Crippen LogP contribution in [0.2, 0.25) is 5.02 Å². The summed E-state index contributed by atoms with van der Waals surface area (Å²) in [7, 11) is 0. The Hall–Kier alpha value is -0.290. The van der Waals surface area contributed by atoms with Crippen molar-refractivity contribution in [1.82, 2.24) is 4.90 Å². The zero-order chi connectivity index (χ0) is 12.3. The highest BCUT2D eigenvalue weighted by molar-refractivity contribution is 7.99. The number of β-amino-alcohol motifs (C(OH)–C–C–N with tert-alkyl or cyclic N) is 1. The van der Waals surface area contributed by atoms with Crippen molar-refractivity contribution in [1.29, 1.82) is 0 Å². The van der Waals surface area contributed by atoms with Gasteiger partial charge in [-0.3, -0.25) is 4.90 Å². The molecule has 94 valence electrons. The third-order valence-electron chi connectivity index (χ3n) is 2.87. The monoisotopic (exact) mass is 275 g/mol. The van der Waals surface area contributed by atoms with Crippen LogP contribution in [-0.4, -0.2) is 41.1 Å². The van der Waals surface area contributed by atoms with Gasteiger partial charge in [-0.05, 0) is 12.1 Å². The fraction of sp³-hybridized carbons (Fsp3) is 0.500. The van der Waals surface area contributed by atoms with Gasteiger partial charge in [0.15, 0.2) is 0 Å². The van der Waals surface area contributed by atoms with Crippen molar-refractivity contribution >= 4 is 23.4 Å². The first-order valence-electron chi connectivity index (χ1n) is 5.60. The van der Waals surface area contributed by atoms with Crippen LogP contribution in [0.1, 0.15) is 11.7 Å². The van der Waals surface area contributed by atoms with Gasteiger partial charge in [-0.25, -0.2) is 4.39 Å². The van der Waals surface area contributed by atoms with E-state index in [2.05, 4.69) is 4.90 Å². The van der Waals surface area contributed by atoms with Gasteiger partial charge in [0.25, 0.3) is 0 Å². The summed E-state index contributed by atoms with van der Waals surface area (Å²) in [5, 5.41) is 10.4. The Balaban J connectivity index is 2.05. The quantitative estimate of drug-likeness (QED) is 0.917. The maximum Gasteiger partial charge on any atom is 0.130 e. The minimum Gasteiger partial charge on any atom is -0.387 e. The minimum atomic E-state index is -0.855. The SMILES string of the molecule is OC(CN1CCSCC1)c1c(F)cccc1Cl. The second-order valence-corrected chi connectivity index (χ2v) is 5.70. The van der Waals surface area contributed by atoms with E-state index in [0.29, 0.717) is 11.6 Å². The van der Waals surface area contributed by atoms with E-state index in [1.165, 1.54) is 6.07 Å². The molecule has 0 aromatic heterocycles. The lowest BCUT2D eigenvalue weighted by Gasteiger charge is -2.28. The van der Waals surface area contributed by atoms with Crippen LogP contribution in [0.3, 0.4) is 0 Å². The van der Waals surface area contributed by atoms with E-state index in [1.54, 1.807) is 12.1 Å². The number of thioether (sulfide) groups is 1. The number of aliphatic hydroxyl groups excluding tert-OH is 1. The molecule has 0 amide bonds. The number of hydrogen-bond donors (Lipinski definition) is 1. The van der Waals surface area contributed by atoms with E-state index in [9.17, 15) is 9.50 Å². The lowest BCUT2D eigenvalue weighted by molar-refractivity contribution is 0.116. The number of halogens is 2. The average molecular weight is 276 g/mol. The summed E-state index contributed by atoms with van der Waals surface area (Å²) in [4.78, 5) is 2.14. The molecular formula is C12H15ClFNOS. The first-order chi connectivity index (χ1) is 8.18. The van der Waals surface area contributed by atoms with E-state index in [1.807, 2.05) is 11.8 Å². The van der Waals surface area contributed by atoms with Gasteiger partial charge in [-0.1, -0.05) is 17.7 Å². The smallest absolute Gasteiger partial charge is 0.130 e. The fourth-order valence-electron chi connectivity index (χ4n) is 1.95. The molecule has 0 aliphatic carbocycles. The number of nitrogens with zero attached hydrogens (tertiary/aromatic N) is 1. The Bertz CT molecular complexity index is 365. The summed E-state index contributed by atoms with van der Waals surface area (Å²) in [6.07, 6.45) is -0.855. The minimum absolute atomic E-state index is 0.215. The van der Waals surface area contributed by atoms with Crippen LogP contribution in [-0.2, 0) is 0 Å². The van der Waals surface area contributed by atoms with E-state index in [4.69, 9.17) is 11.6 Å². The van der Waals surface area contributed by atoms with Crippen LogP contribution in [0.5, 0.6) is 0 Å². The topological polar surface area (TPSA) is 23.5 Å². The predicted octanol–water partition coefficient (Wildman–Crippen LogP) is 2.56. The largest absolute Gasteiger partial charge is 0.387 e. The van der Waals surface area contributed by atoms with Gasteiger partial charge in [-0.2, -0.15) is 11.8 Å². The molecule has 2 nitrogen and oxygen atoms in total. The first-order valence-corrected chi connectivity index (χ1v) is 7.14. The third-order valence-corrected chi connectivity index (χ3v) is 4.14. The van der Waals surface area contributed by atoms with Crippen molar-refractivity contribution in [2.24, 2.45) is 0 Å². The van der Waals surface area contributed by atoms with Crippen LogP contribution >= 0.6 is 23.4 Å². The maximum atomic E-state index is 13.6. The fourth-order valence-corrected chi connectivity index (χ4v) is 3.22. The van der Waals surface area contributed by atoms with Crippen LogP contribution in [0.25, 0.3) is 0 Å². The van der Waals surface area contributed by atoms with E-state index >= 15 is 0 Å². The number of rotatable bonds is 3. The van der Waals surface area contributed by atoms with Crippen molar-refractivity contribution in [2.75, 3.05) is 31.1 Å². The van der Waals surface area contributed by atoms with Crippen molar-refractivity contribution in [3.63, 3.8) is 0 Å². The molecule has 1 unspecified atom stereocenters. The second kappa shape index (κ2) is 6.05. The molecule has 1 fully saturated rings. The highest BCUT2D eigenvalue weighted by Gasteiger charge is 2.20. The molecule has 2 rings (SSSR count). The van der Waals surface area contributed by atoms with Gasteiger partial charge in [0.2, 0.25) is 0 Å². The van der Waals surface area contributed by atoms with Gasteiger partial charge >= 0.3 is 0 Å². The number of aliphatic hydroxyl groups is 1. The molecule has 0 radical (unpaired) electrons. The number of hydrogen-bond acceptors (Lipinski definition) is 3. The second-order valence-electron chi connectivity index (χ2n) is 4.06. The van der Waals surface area contributed by atoms with Crippen LogP contribution in [0.15, 0.2) is 18.2 Å². The molecule has 0 saturated carbocycles. The molecule has 1 N–H and O–H groups in total. The summed E-state index contributed by atoms with van der Waals surface area (Å²) in [5.41, 5.74) is 0.215. The number of benzene rings is 1. The summed E-state index contributed by atoms with van der Waals surface area (Å²) < 4.78 is 13.6. The summed E-state index contributed by atoms with van der Waals surface area (Å²) in [6.45, 7) is 2.32. The summed E-state index contributed by atoms with van der Waals surface area (Å²) in [5.74, 6) is 1.70. The molecule has 1 atom stereocenters. The van der Waals surface area contributed by atoms with Gasteiger partial charge < -0.3 is 5.11 Å². The Kier molecular flexibility index (Phi) is 4.68. The lowest BCUT2D eigenvalue weighted by Crippen LogP contribution is -2.36. The molecule has 17 heavy (non-hydrogen) atoms. The zero-order valence-corrected chi connectivity index (χ0v) is 11.0. The van der Waals surface area contributed by atoms with Crippen LogP contribution < -0.4 is 0 Å². The molecule has 1 aliphatic rings. The average Bonchev–Trinajstić information content (AvgIpc) is 2.30. The zero-order valence-electron chi connectivity index (χ0n) is 9.40. The molecule has 1 heterocycles. The van der Waals surface area contributed by atoms with Crippen molar-refractivity contribution in [2.45, 2.75) is 6.10 Å². The lowest BCUT2D eigenvalue weighted by atomic mass is 10.1. The van der Waals surface area contributed by atoms with Gasteiger partial charge in [0.1, 0.15) is 5.82 Å². The van der Waals surface area contributed by atoms with Gasteiger partial charge in [0.05, 0.1) is 6.10 Å². The Morgan fingerprint density at radius 2 is 2.12 bits per heavy atom. The van der Waals surface area contributed by atoms with Crippen LogP contribution in [0, 0.1) is 5.82 Å². The van der Waals surface area contributed by atoms with Crippen molar-refractivity contribution < 1.29 is 9.50 Å². The van der Waals surface area contributed by atoms with Gasteiger partial charge in [0, 0.05) is 41.7 Å². The molecule has 1 saturated heterocycles. The third kappa shape index (κ3) is 3.35. The maximum absolute atomic E-state index is 13.6. The highest BCUT2D eigenvalue weighted by atomic mass is 35.5. The Morgan fingerprint density at radius 3 is 2.76 bits per heavy atom. The van der Waals surface area contributed by atoms with Crippen molar-refractivity contribution in [3.05, 3.63) is 34.6 Å². The molecule has 5 heteroatoms. The molecule has 1 aliphatic heterocycles. The molecule has 1 aromatic carbocycles.